The molecule has 194 valence electrons. The molecule has 0 fully saturated rings. The quantitative estimate of drug-likeness (QED) is 0.354. The maximum Gasteiger partial charge on any atom is 0.271 e. The summed E-state index contributed by atoms with van der Waals surface area (Å²) in [5.74, 6) is -1.10. The lowest BCUT2D eigenvalue weighted by Gasteiger charge is -2.30. The van der Waals surface area contributed by atoms with E-state index >= 15 is 0 Å². The number of carbonyl (C=O) groups is 2. The summed E-state index contributed by atoms with van der Waals surface area (Å²) >= 11 is 0. The van der Waals surface area contributed by atoms with E-state index in [1.807, 2.05) is 36.4 Å². The van der Waals surface area contributed by atoms with Crippen molar-refractivity contribution in [2.24, 2.45) is 0 Å². The van der Waals surface area contributed by atoms with Crippen molar-refractivity contribution in [2.45, 2.75) is 31.7 Å². The van der Waals surface area contributed by atoms with Crippen LogP contribution in [0.15, 0.2) is 82.4 Å². The minimum Gasteiger partial charge on any atom is -0.271 e. The summed E-state index contributed by atoms with van der Waals surface area (Å²) in [5, 5.41) is 14.4. The molecule has 10 heteroatoms. The molecule has 2 heterocycles. The Labute approximate surface area is 222 Å². The molecule has 1 aliphatic heterocycles. The molecule has 0 saturated heterocycles. The first-order valence-electron chi connectivity index (χ1n) is 11.9. The SMILES string of the molecule is CC1=C(C#N)C(=O)N(C(C)C)C(=O)/C1=C/c1cn(-c2ccccc2)nc1-c1ccc(S(=O)(=O)N(C)C)cc1. The number of imide groups is 1. The number of hydrogen-bond donors (Lipinski definition) is 0. The monoisotopic (exact) mass is 529 g/mol. The van der Waals surface area contributed by atoms with Gasteiger partial charge in [0.05, 0.1) is 16.3 Å². The number of hydrogen-bond acceptors (Lipinski definition) is 6. The highest BCUT2D eigenvalue weighted by atomic mass is 32.2. The van der Waals surface area contributed by atoms with Gasteiger partial charge in [0.25, 0.3) is 11.8 Å². The lowest BCUT2D eigenvalue weighted by Crippen LogP contribution is -2.46. The van der Waals surface area contributed by atoms with Crippen LogP contribution in [0, 0.1) is 11.3 Å². The van der Waals surface area contributed by atoms with Gasteiger partial charge in [-0.1, -0.05) is 30.3 Å². The fraction of sp³-hybridized carbons (Fsp3) is 0.214. The first kappa shape index (κ1) is 26.7. The van der Waals surface area contributed by atoms with Gasteiger partial charge in [0.2, 0.25) is 10.0 Å². The Morgan fingerprint density at radius 2 is 1.63 bits per heavy atom. The van der Waals surface area contributed by atoms with E-state index in [-0.39, 0.29) is 16.0 Å². The van der Waals surface area contributed by atoms with Gasteiger partial charge in [0.15, 0.2) is 0 Å². The Balaban J connectivity index is 1.92. The molecule has 9 nitrogen and oxygen atoms in total. The number of carbonyl (C=O) groups excluding carboxylic acids is 2. The summed E-state index contributed by atoms with van der Waals surface area (Å²) in [5.41, 5.74) is 2.91. The second kappa shape index (κ2) is 10.2. The van der Waals surface area contributed by atoms with Crippen LogP contribution in [0.3, 0.4) is 0 Å². The van der Waals surface area contributed by atoms with Crippen molar-refractivity contribution >= 4 is 27.9 Å². The first-order valence-corrected chi connectivity index (χ1v) is 13.3. The van der Waals surface area contributed by atoms with Crippen LogP contribution in [0.25, 0.3) is 23.0 Å². The Morgan fingerprint density at radius 1 is 1.00 bits per heavy atom. The van der Waals surface area contributed by atoms with Crippen LogP contribution in [-0.2, 0) is 19.6 Å². The second-order valence-electron chi connectivity index (χ2n) is 9.27. The second-order valence-corrected chi connectivity index (χ2v) is 11.4. The molecule has 0 N–H and O–H groups in total. The van der Waals surface area contributed by atoms with Crippen LogP contribution in [0.1, 0.15) is 26.3 Å². The molecule has 0 unspecified atom stereocenters. The van der Waals surface area contributed by atoms with Gasteiger partial charge < -0.3 is 0 Å². The minimum atomic E-state index is -3.61. The molecule has 2 aromatic carbocycles. The third kappa shape index (κ3) is 4.69. The van der Waals surface area contributed by atoms with Gasteiger partial charge in [0.1, 0.15) is 11.6 Å². The first-order chi connectivity index (χ1) is 18.0. The van der Waals surface area contributed by atoms with Crippen LogP contribution in [-0.4, -0.2) is 59.4 Å². The van der Waals surface area contributed by atoms with Crippen molar-refractivity contribution in [3.05, 3.63) is 83.1 Å². The van der Waals surface area contributed by atoms with Crippen LogP contribution in [0.4, 0.5) is 0 Å². The topological polar surface area (TPSA) is 116 Å². The molecular weight excluding hydrogens is 502 g/mol. The Morgan fingerprint density at radius 3 is 2.18 bits per heavy atom. The molecule has 4 rings (SSSR count). The molecule has 1 aliphatic rings. The van der Waals surface area contributed by atoms with Crippen molar-refractivity contribution in [3.63, 3.8) is 0 Å². The molecule has 1 aromatic heterocycles. The predicted molar refractivity (Wildman–Crippen MR) is 143 cm³/mol. The number of nitriles is 1. The zero-order valence-corrected chi connectivity index (χ0v) is 22.5. The lowest BCUT2D eigenvalue weighted by molar-refractivity contribution is -0.142. The third-order valence-corrected chi connectivity index (χ3v) is 8.09. The highest BCUT2D eigenvalue weighted by Gasteiger charge is 2.37. The standard InChI is InChI=1S/C28H27N5O4S/c1-18(2)33-27(34)24(19(3)25(16-29)28(33)35)15-21-17-32(22-9-7-6-8-10-22)30-26(21)20-11-13-23(14-12-20)38(36,37)31(4)5/h6-15,17-18H,1-5H3/b24-15+. The van der Waals surface area contributed by atoms with Gasteiger partial charge in [-0.3, -0.25) is 14.5 Å². The van der Waals surface area contributed by atoms with Gasteiger partial charge in [-0.2, -0.15) is 10.4 Å². The van der Waals surface area contributed by atoms with Crippen LogP contribution in [0.5, 0.6) is 0 Å². The van der Waals surface area contributed by atoms with E-state index in [9.17, 15) is 23.3 Å². The average Bonchev–Trinajstić information content (AvgIpc) is 3.31. The zero-order chi connectivity index (χ0) is 27.8. The van der Waals surface area contributed by atoms with Gasteiger partial charge in [-0.05, 0) is 56.7 Å². The van der Waals surface area contributed by atoms with E-state index in [1.54, 1.807) is 49.9 Å². The maximum atomic E-state index is 13.4. The van der Waals surface area contributed by atoms with E-state index in [0.29, 0.717) is 22.4 Å². The zero-order valence-electron chi connectivity index (χ0n) is 21.7. The van der Waals surface area contributed by atoms with Crippen molar-refractivity contribution in [2.75, 3.05) is 14.1 Å². The van der Waals surface area contributed by atoms with Crippen molar-refractivity contribution < 1.29 is 18.0 Å². The molecule has 3 aromatic rings. The molecular formula is C28H27N5O4S. The van der Waals surface area contributed by atoms with Crippen LogP contribution >= 0.6 is 0 Å². The summed E-state index contributed by atoms with van der Waals surface area (Å²) in [6.07, 6.45) is 3.38. The number of nitrogens with zero attached hydrogens (tertiary/aromatic N) is 5. The third-order valence-electron chi connectivity index (χ3n) is 6.26. The average molecular weight is 530 g/mol. The molecule has 38 heavy (non-hydrogen) atoms. The van der Waals surface area contributed by atoms with E-state index in [4.69, 9.17) is 5.10 Å². The largest absolute Gasteiger partial charge is 0.271 e. The lowest BCUT2D eigenvalue weighted by atomic mass is 9.92. The van der Waals surface area contributed by atoms with Gasteiger partial charge in [0, 0.05) is 43.0 Å². The summed E-state index contributed by atoms with van der Waals surface area (Å²) < 4.78 is 27.9. The fourth-order valence-electron chi connectivity index (χ4n) is 4.15. The van der Waals surface area contributed by atoms with Crippen molar-refractivity contribution in [1.29, 1.82) is 5.26 Å². The van der Waals surface area contributed by atoms with Crippen molar-refractivity contribution in [1.82, 2.24) is 19.0 Å². The number of aromatic nitrogens is 2. The molecule has 0 radical (unpaired) electrons. The van der Waals surface area contributed by atoms with Gasteiger partial charge in [-0.25, -0.2) is 17.4 Å². The molecule has 0 bridgehead atoms. The Kier molecular flexibility index (Phi) is 7.18. The number of amides is 2. The molecule has 0 atom stereocenters. The predicted octanol–water partition coefficient (Wildman–Crippen LogP) is 3.79. The minimum absolute atomic E-state index is 0.0835. The number of rotatable bonds is 6. The Hall–Kier alpha value is -4.33. The number of sulfonamides is 1. The van der Waals surface area contributed by atoms with Crippen molar-refractivity contribution in [3.8, 4) is 23.0 Å². The smallest absolute Gasteiger partial charge is 0.271 e. The van der Waals surface area contributed by atoms with E-state index in [0.717, 1.165) is 14.9 Å². The molecule has 2 amide bonds. The van der Waals surface area contributed by atoms with E-state index in [2.05, 4.69) is 0 Å². The normalized spacial score (nSPS) is 15.6. The molecule has 0 spiro atoms. The number of para-hydroxylation sites is 1. The molecule has 0 saturated carbocycles. The molecule has 0 aliphatic carbocycles. The summed E-state index contributed by atoms with van der Waals surface area (Å²) in [7, 11) is -0.683. The fourth-order valence-corrected chi connectivity index (χ4v) is 5.05. The highest BCUT2D eigenvalue weighted by molar-refractivity contribution is 7.89. The van der Waals surface area contributed by atoms with Crippen LogP contribution < -0.4 is 0 Å². The maximum absolute atomic E-state index is 13.4. The van der Waals surface area contributed by atoms with Crippen LogP contribution in [0.2, 0.25) is 0 Å². The number of benzene rings is 2. The summed E-state index contributed by atoms with van der Waals surface area (Å²) in [6, 6.07) is 17.2. The van der Waals surface area contributed by atoms with E-state index in [1.165, 1.54) is 26.2 Å². The highest BCUT2D eigenvalue weighted by Crippen LogP contribution is 2.32. The van der Waals surface area contributed by atoms with Gasteiger partial charge >= 0.3 is 0 Å². The summed E-state index contributed by atoms with van der Waals surface area (Å²) in [4.78, 5) is 27.4. The van der Waals surface area contributed by atoms with Gasteiger partial charge in [-0.15, -0.1) is 0 Å². The summed E-state index contributed by atoms with van der Waals surface area (Å²) in [6.45, 7) is 5.01. The van der Waals surface area contributed by atoms with E-state index < -0.39 is 27.9 Å². The Bertz CT molecular complexity index is 1620.